The van der Waals surface area contributed by atoms with Crippen LogP contribution < -0.4 is 0 Å². The van der Waals surface area contributed by atoms with Crippen molar-refractivity contribution in [3.63, 3.8) is 0 Å². The molecule has 0 atom stereocenters. The van der Waals surface area contributed by atoms with Crippen LogP contribution in [0.4, 0.5) is 0 Å². The van der Waals surface area contributed by atoms with Gasteiger partial charge in [-0.1, -0.05) is 115 Å². The third-order valence-electron chi connectivity index (χ3n) is 8.55. The molecule has 9 rings (SSSR count). The summed E-state index contributed by atoms with van der Waals surface area (Å²) in [6.07, 6.45) is 0. The van der Waals surface area contributed by atoms with E-state index in [4.69, 9.17) is 19.4 Å². The van der Waals surface area contributed by atoms with E-state index in [1.807, 2.05) is 72.8 Å². The number of benzene rings is 7. The molecule has 0 saturated carbocycles. The van der Waals surface area contributed by atoms with Crippen LogP contribution in [0.5, 0.6) is 0 Å². The van der Waals surface area contributed by atoms with Crippen LogP contribution in [-0.2, 0) is 0 Å². The molecule has 0 N–H and O–H groups in total. The molecule has 4 nitrogen and oxygen atoms in total. The van der Waals surface area contributed by atoms with E-state index in [1.165, 1.54) is 32.5 Å². The van der Waals surface area contributed by atoms with Gasteiger partial charge in [-0.05, 0) is 58.1 Å². The number of aryl methyl sites for hydroxylation is 1. The number of fused-ring (bicyclic) bond motifs is 10. The number of para-hydroxylation sites is 1. The van der Waals surface area contributed by atoms with Gasteiger partial charge in [0.2, 0.25) is 0 Å². The minimum absolute atomic E-state index is 0.646. The van der Waals surface area contributed by atoms with Crippen molar-refractivity contribution in [3.8, 4) is 34.2 Å². The Hall–Kier alpha value is -5.87. The Labute approximate surface area is 253 Å². The van der Waals surface area contributed by atoms with Crippen molar-refractivity contribution in [1.82, 2.24) is 15.0 Å². The fraction of sp³-hybridized carbons (Fsp3) is 0.0250. The van der Waals surface area contributed by atoms with E-state index in [2.05, 4.69) is 67.6 Å². The first-order valence-electron chi connectivity index (χ1n) is 14.8. The normalized spacial score (nSPS) is 11.8. The number of hydrogen-bond donors (Lipinski definition) is 0. The molecule has 4 heteroatoms. The second-order valence-electron chi connectivity index (χ2n) is 11.3. The second-order valence-corrected chi connectivity index (χ2v) is 11.3. The van der Waals surface area contributed by atoms with Crippen molar-refractivity contribution in [2.45, 2.75) is 6.92 Å². The number of hydrogen-bond acceptors (Lipinski definition) is 4. The first-order chi connectivity index (χ1) is 21.7. The summed E-state index contributed by atoms with van der Waals surface area (Å²) in [5.41, 5.74) is 5.87. The third-order valence-corrected chi connectivity index (χ3v) is 8.55. The van der Waals surface area contributed by atoms with E-state index in [-0.39, 0.29) is 0 Å². The van der Waals surface area contributed by atoms with E-state index in [9.17, 15) is 0 Å². The lowest BCUT2D eigenvalue weighted by Crippen LogP contribution is -2.00. The predicted octanol–water partition coefficient (Wildman–Crippen LogP) is 10.5. The van der Waals surface area contributed by atoms with E-state index >= 15 is 0 Å². The topological polar surface area (TPSA) is 51.8 Å². The van der Waals surface area contributed by atoms with Crippen LogP contribution in [0.1, 0.15) is 5.56 Å². The molecule has 9 aromatic rings. The number of rotatable bonds is 3. The number of aromatic nitrogens is 3. The van der Waals surface area contributed by atoms with Crippen molar-refractivity contribution in [3.05, 3.63) is 139 Å². The molecule has 2 aromatic heterocycles. The van der Waals surface area contributed by atoms with Gasteiger partial charge in [0.25, 0.3) is 0 Å². The summed E-state index contributed by atoms with van der Waals surface area (Å²) in [7, 11) is 0. The lowest BCUT2D eigenvalue weighted by atomic mass is 9.90. The van der Waals surface area contributed by atoms with Crippen molar-refractivity contribution in [2.75, 3.05) is 0 Å². The van der Waals surface area contributed by atoms with Gasteiger partial charge in [0, 0.05) is 32.8 Å². The molecule has 0 spiro atoms. The zero-order chi connectivity index (χ0) is 29.2. The summed E-state index contributed by atoms with van der Waals surface area (Å²) in [5, 5.41) is 9.47. The molecule has 0 aliphatic heterocycles. The molecular weight excluding hydrogens is 538 g/mol. The fourth-order valence-electron chi connectivity index (χ4n) is 6.50. The van der Waals surface area contributed by atoms with Crippen LogP contribution in [0.15, 0.2) is 138 Å². The second kappa shape index (κ2) is 9.58. The van der Waals surface area contributed by atoms with Gasteiger partial charge in [-0.15, -0.1) is 0 Å². The van der Waals surface area contributed by atoms with Crippen LogP contribution in [0.2, 0.25) is 0 Å². The maximum absolute atomic E-state index is 6.32. The van der Waals surface area contributed by atoms with Crippen LogP contribution in [0.3, 0.4) is 0 Å². The van der Waals surface area contributed by atoms with Gasteiger partial charge in [0.1, 0.15) is 11.2 Å². The summed E-state index contributed by atoms with van der Waals surface area (Å²) < 4.78 is 6.32. The lowest BCUT2D eigenvalue weighted by Gasteiger charge is -2.14. The van der Waals surface area contributed by atoms with Crippen molar-refractivity contribution < 1.29 is 4.42 Å². The Morgan fingerprint density at radius 1 is 0.386 bits per heavy atom. The van der Waals surface area contributed by atoms with Crippen LogP contribution in [0, 0.1) is 6.92 Å². The van der Waals surface area contributed by atoms with Gasteiger partial charge in [-0.2, -0.15) is 0 Å². The molecule has 0 aliphatic carbocycles. The average Bonchev–Trinajstić information content (AvgIpc) is 3.47. The summed E-state index contributed by atoms with van der Waals surface area (Å²) in [6, 6.07) is 46.2. The number of nitrogens with zero attached hydrogens (tertiary/aromatic N) is 3. The molecule has 0 bridgehead atoms. The van der Waals surface area contributed by atoms with Crippen LogP contribution in [0.25, 0.3) is 88.4 Å². The standard InChI is InChI=1S/C40H25N3O/c1-24-16-18-28-29-20-21-35-37(31-14-8-9-15-34(31)44-35)36(29)30-19-17-27(23-33(30)32(28)22-24)40-42-38(25-10-4-2-5-11-25)41-39(43-40)26-12-6-3-7-13-26/h2-23H,1H3. The maximum Gasteiger partial charge on any atom is 0.164 e. The minimum atomic E-state index is 0.646. The predicted molar refractivity (Wildman–Crippen MR) is 181 cm³/mol. The first-order valence-corrected chi connectivity index (χ1v) is 14.8. The fourth-order valence-corrected chi connectivity index (χ4v) is 6.50. The van der Waals surface area contributed by atoms with Gasteiger partial charge in [-0.3, -0.25) is 0 Å². The summed E-state index contributed by atoms with van der Waals surface area (Å²) in [6.45, 7) is 2.15. The highest BCUT2D eigenvalue weighted by molar-refractivity contribution is 6.34. The van der Waals surface area contributed by atoms with E-state index in [0.29, 0.717) is 17.5 Å². The maximum atomic E-state index is 6.32. The first kappa shape index (κ1) is 24.7. The van der Waals surface area contributed by atoms with Crippen molar-refractivity contribution >= 4 is 54.3 Å². The highest BCUT2D eigenvalue weighted by atomic mass is 16.3. The lowest BCUT2D eigenvalue weighted by molar-refractivity contribution is 0.669. The Balaban J connectivity index is 1.38. The molecule has 0 fully saturated rings. The molecule has 44 heavy (non-hydrogen) atoms. The molecule has 0 amide bonds. The molecule has 206 valence electrons. The molecule has 0 saturated heterocycles. The minimum Gasteiger partial charge on any atom is -0.456 e. The van der Waals surface area contributed by atoms with E-state index in [1.54, 1.807) is 0 Å². The van der Waals surface area contributed by atoms with Crippen molar-refractivity contribution in [1.29, 1.82) is 0 Å². The Kier molecular flexibility index (Phi) is 5.38. The molecular formula is C40H25N3O. The largest absolute Gasteiger partial charge is 0.456 e. The third kappa shape index (κ3) is 3.81. The zero-order valence-electron chi connectivity index (χ0n) is 24.0. The molecule has 0 aliphatic rings. The van der Waals surface area contributed by atoms with Gasteiger partial charge < -0.3 is 4.42 Å². The summed E-state index contributed by atoms with van der Waals surface area (Å²) >= 11 is 0. The number of furan rings is 1. The average molecular weight is 564 g/mol. The zero-order valence-corrected chi connectivity index (χ0v) is 24.0. The summed E-state index contributed by atoms with van der Waals surface area (Å²) in [5.74, 6) is 1.95. The van der Waals surface area contributed by atoms with Gasteiger partial charge in [-0.25, -0.2) is 15.0 Å². The van der Waals surface area contributed by atoms with Gasteiger partial charge >= 0.3 is 0 Å². The van der Waals surface area contributed by atoms with E-state index in [0.717, 1.165) is 44.0 Å². The van der Waals surface area contributed by atoms with Crippen LogP contribution >= 0.6 is 0 Å². The quantitative estimate of drug-likeness (QED) is 0.201. The Morgan fingerprint density at radius 3 is 1.68 bits per heavy atom. The SMILES string of the molecule is Cc1ccc2c(c1)c1cc(-c3nc(-c4ccccc4)nc(-c4ccccc4)n3)ccc1c1c2ccc2oc3ccccc3c21. The molecule has 0 radical (unpaired) electrons. The van der Waals surface area contributed by atoms with E-state index < -0.39 is 0 Å². The Bertz CT molecular complexity index is 2490. The molecule has 2 heterocycles. The van der Waals surface area contributed by atoms with Gasteiger partial charge in [0.15, 0.2) is 17.5 Å². The molecule has 7 aromatic carbocycles. The highest BCUT2D eigenvalue weighted by Gasteiger charge is 2.18. The monoisotopic (exact) mass is 563 g/mol. The highest BCUT2D eigenvalue weighted by Crippen LogP contribution is 2.43. The van der Waals surface area contributed by atoms with Gasteiger partial charge in [0.05, 0.1) is 0 Å². The Morgan fingerprint density at radius 2 is 0.955 bits per heavy atom. The molecule has 0 unspecified atom stereocenters. The van der Waals surface area contributed by atoms with Crippen molar-refractivity contribution in [2.24, 2.45) is 0 Å². The summed E-state index contributed by atoms with van der Waals surface area (Å²) in [4.78, 5) is 14.9. The van der Waals surface area contributed by atoms with Crippen LogP contribution in [-0.4, -0.2) is 15.0 Å². The smallest absolute Gasteiger partial charge is 0.164 e.